The molecule has 2 aromatic carbocycles. The number of primary amides is 1. The Bertz CT molecular complexity index is 1250. The molecule has 0 aliphatic carbocycles. The van der Waals surface area contributed by atoms with Crippen LogP contribution in [0.5, 0.6) is 0 Å². The molecule has 4 N–H and O–H groups in total. The molecule has 2 atom stereocenters. The number of nitrogens with one attached hydrogen (secondary N) is 2. The summed E-state index contributed by atoms with van der Waals surface area (Å²) < 4.78 is 5.43. The zero-order valence-corrected chi connectivity index (χ0v) is 26.9. The van der Waals surface area contributed by atoms with E-state index in [2.05, 4.69) is 17.6 Å². The van der Waals surface area contributed by atoms with E-state index in [0.29, 0.717) is 17.7 Å². The molecule has 0 aliphatic heterocycles. The molecule has 9 nitrogen and oxygen atoms in total. The summed E-state index contributed by atoms with van der Waals surface area (Å²) in [5.41, 5.74) is 8.76. The van der Waals surface area contributed by atoms with E-state index < -0.39 is 35.6 Å². The zero-order chi connectivity index (χ0) is 32.2. The molecule has 2 aromatic rings. The first kappa shape index (κ1) is 35.3. The molecule has 4 amide bonds. The molecule has 0 heterocycles. The van der Waals surface area contributed by atoms with Gasteiger partial charge in [-0.2, -0.15) is 0 Å². The number of nitrogens with two attached hydrogens (primary N) is 1. The van der Waals surface area contributed by atoms with Crippen molar-refractivity contribution in [3.05, 3.63) is 64.7 Å². The minimum atomic E-state index is -1.13. The summed E-state index contributed by atoms with van der Waals surface area (Å²) in [5.74, 6) is -1.44. The summed E-state index contributed by atoms with van der Waals surface area (Å²) in [5, 5.41) is 5.69. The Kier molecular flexibility index (Phi) is 13.7. The van der Waals surface area contributed by atoms with Gasteiger partial charge in [0.2, 0.25) is 11.8 Å². The average molecular weight is 595 g/mol. The van der Waals surface area contributed by atoms with Gasteiger partial charge in [-0.25, -0.2) is 4.79 Å². The summed E-state index contributed by atoms with van der Waals surface area (Å²) in [6.07, 6.45) is 3.75. The summed E-state index contributed by atoms with van der Waals surface area (Å²) in [7, 11) is 0. The van der Waals surface area contributed by atoms with Crippen molar-refractivity contribution in [1.29, 1.82) is 0 Å². The average Bonchev–Trinajstić information content (AvgIpc) is 2.91. The quantitative estimate of drug-likeness (QED) is 0.210. The van der Waals surface area contributed by atoms with E-state index >= 15 is 0 Å². The fourth-order valence-electron chi connectivity index (χ4n) is 4.94. The van der Waals surface area contributed by atoms with Crippen LogP contribution in [-0.2, 0) is 19.1 Å². The van der Waals surface area contributed by atoms with Gasteiger partial charge in [0.1, 0.15) is 17.7 Å². The van der Waals surface area contributed by atoms with Gasteiger partial charge in [0.15, 0.2) is 0 Å². The van der Waals surface area contributed by atoms with Crippen LogP contribution in [0, 0.1) is 20.8 Å². The van der Waals surface area contributed by atoms with Gasteiger partial charge in [0.25, 0.3) is 5.91 Å². The summed E-state index contributed by atoms with van der Waals surface area (Å²) >= 11 is 0. The molecule has 2 unspecified atom stereocenters. The van der Waals surface area contributed by atoms with Gasteiger partial charge in [-0.15, -0.1) is 0 Å². The number of unbranched alkanes of at least 4 members (excludes halogenated alkanes) is 4. The number of benzene rings is 2. The number of carbonyl (C=O) groups is 4. The van der Waals surface area contributed by atoms with Crippen molar-refractivity contribution in [2.45, 2.75) is 111 Å². The van der Waals surface area contributed by atoms with E-state index in [1.54, 1.807) is 25.7 Å². The van der Waals surface area contributed by atoms with E-state index in [9.17, 15) is 19.2 Å². The van der Waals surface area contributed by atoms with Crippen LogP contribution < -0.4 is 16.4 Å². The Morgan fingerprint density at radius 1 is 0.930 bits per heavy atom. The molecular weight excluding hydrogens is 544 g/mol. The van der Waals surface area contributed by atoms with Gasteiger partial charge in [-0.3, -0.25) is 14.4 Å². The van der Waals surface area contributed by atoms with E-state index in [0.717, 1.165) is 42.4 Å². The standard InChI is InChI=1S/C34H50N4O5/c1-8-9-10-11-14-21-38(32(41)28(19-20-29(35)39)37-33(42)43-34(5,6)7)30(26-18-17-23(2)22-25(26)4)31(40)36-27-16-13-12-15-24(27)3/h12-13,15-18,22,28,30H,8-11,14,19-21H2,1-7H3,(H2,35,39)(H,36,40)(H,37,42). The van der Waals surface area contributed by atoms with E-state index in [-0.39, 0.29) is 25.3 Å². The van der Waals surface area contributed by atoms with Crippen LogP contribution in [0.4, 0.5) is 10.5 Å². The molecule has 0 spiro atoms. The minimum absolute atomic E-state index is 0.0290. The smallest absolute Gasteiger partial charge is 0.408 e. The van der Waals surface area contributed by atoms with Gasteiger partial charge in [0, 0.05) is 18.7 Å². The van der Waals surface area contributed by atoms with Crippen LogP contribution in [0.25, 0.3) is 0 Å². The highest BCUT2D eigenvalue weighted by molar-refractivity contribution is 5.99. The van der Waals surface area contributed by atoms with Crippen molar-refractivity contribution < 1.29 is 23.9 Å². The van der Waals surface area contributed by atoms with Crippen LogP contribution in [0.15, 0.2) is 42.5 Å². The Morgan fingerprint density at radius 3 is 2.21 bits per heavy atom. The topological polar surface area (TPSA) is 131 Å². The number of carbonyl (C=O) groups excluding carboxylic acids is 4. The Balaban J connectivity index is 2.60. The molecule has 9 heteroatoms. The fourth-order valence-corrected chi connectivity index (χ4v) is 4.94. The summed E-state index contributed by atoms with van der Waals surface area (Å²) in [6, 6.07) is 11.1. The third kappa shape index (κ3) is 11.7. The second-order valence-corrected chi connectivity index (χ2v) is 12.2. The van der Waals surface area contributed by atoms with Gasteiger partial charge < -0.3 is 26.0 Å². The van der Waals surface area contributed by atoms with E-state index in [4.69, 9.17) is 10.5 Å². The van der Waals surface area contributed by atoms with Crippen molar-refractivity contribution in [2.75, 3.05) is 11.9 Å². The number of aryl methyl sites for hydroxylation is 3. The Labute approximate surface area is 256 Å². The highest BCUT2D eigenvalue weighted by atomic mass is 16.6. The molecule has 43 heavy (non-hydrogen) atoms. The molecular formula is C34H50N4O5. The highest BCUT2D eigenvalue weighted by Crippen LogP contribution is 2.29. The maximum Gasteiger partial charge on any atom is 0.408 e. The molecule has 2 rings (SSSR count). The molecule has 0 aliphatic rings. The van der Waals surface area contributed by atoms with Crippen molar-refractivity contribution in [3.63, 3.8) is 0 Å². The van der Waals surface area contributed by atoms with E-state index in [1.165, 1.54) is 0 Å². The lowest BCUT2D eigenvalue weighted by atomic mass is 9.95. The molecule has 0 fully saturated rings. The van der Waals surface area contributed by atoms with Gasteiger partial charge in [-0.05, 0) is 77.1 Å². The van der Waals surface area contributed by atoms with Gasteiger partial charge >= 0.3 is 6.09 Å². The Morgan fingerprint density at radius 2 is 1.60 bits per heavy atom. The maximum absolute atomic E-state index is 14.4. The number of hydrogen-bond acceptors (Lipinski definition) is 5. The monoisotopic (exact) mass is 594 g/mol. The Hall–Kier alpha value is -3.88. The molecule has 0 bridgehead atoms. The fraction of sp³-hybridized carbons (Fsp3) is 0.529. The van der Waals surface area contributed by atoms with Crippen molar-refractivity contribution in [3.8, 4) is 0 Å². The summed E-state index contributed by atoms with van der Waals surface area (Å²) in [6.45, 7) is 13.4. The number of nitrogens with zero attached hydrogens (tertiary/aromatic N) is 1. The van der Waals surface area contributed by atoms with Crippen molar-refractivity contribution in [1.82, 2.24) is 10.2 Å². The molecule has 0 saturated heterocycles. The number of ether oxygens (including phenoxy) is 1. The molecule has 236 valence electrons. The molecule has 0 radical (unpaired) electrons. The molecule has 0 aromatic heterocycles. The SMILES string of the molecule is CCCCCCCN(C(=O)C(CCC(N)=O)NC(=O)OC(C)(C)C)C(C(=O)Nc1ccccc1C)c1ccc(C)cc1C. The van der Waals surface area contributed by atoms with Gasteiger partial charge in [-0.1, -0.05) is 74.6 Å². The van der Waals surface area contributed by atoms with Crippen LogP contribution in [0.1, 0.15) is 101 Å². The second-order valence-electron chi connectivity index (χ2n) is 12.2. The number of rotatable bonds is 15. The lowest BCUT2D eigenvalue weighted by Gasteiger charge is -2.35. The normalized spacial score (nSPS) is 12.6. The zero-order valence-electron chi connectivity index (χ0n) is 26.9. The summed E-state index contributed by atoms with van der Waals surface area (Å²) in [4.78, 5) is 54.7. The van der Waals surface area contributed by atoms with Crippen molar-refractivity contribution >= 4 is 29.5 Å². The number of amides is 4. The highest BCUT2D eigenvalue weighted by Gasteiger charge is 2.37. The third-order valence-electron chi connectivity index (χ3n) is 7.14. The van der Waals surface area contributed by atoms with Crippen LogP contribution in [-0.4, -0.2) is 46.9 Å². The molecule has 0 saturated carbocycles. The van der Waals surface area contributed by atoms with Crippen LogP contribution in [0.3, 0.4) is 0 Å². The van der Waals surface area contributed by atoms with Crippen molar-refractivity contribution in [2.24, 2.45) is 5.73 Å². The predicted molar refractivity (Wildman–Crippen MR) is 171 cm³/mol. The number of alkyl carbamates (subject to hydrolysis) is 1. The first-order chi connectivity index (χ1) is 20.2. The van der Waals surface area contributed by atoms with Crippen LogP contribution >= 0.6 is 0 Å². The predicted octanol–water partition coefficient (Wildman–Crippen LogP) is 6.25. The minimum Gasteiger partial charge on any atom is -0.444 e. The maximum atomic E-state index is 14.4. The first-order valence-electron chi connectivity index (χ1n) is 15.3. The van der Waals surface area contributed by atoms with E-state index in [1.807, 2.05) is 63.2 Å². The van der Waals surface area contributed by atoms with Crippen LogP contribution in [0.2, 0.25) is 0 Å². The lowest BCUT2D eigenvalue weighted by molar-refractivity contribution is -0.141. The largest absolute Gasteiger partial charge is 0.444 e. The lowest BCUT2D eigenvalue weighted by Crippen LogP contribution is -2.53. The number of para-hydroxylation sites is 1. The van der Waals surface area contributed by atoms with Gasteiger partial charge in [0.05, 0.1) is 0 Å². The third-order valence-corrected chi connectivity index (χ3v) is 7.14. The number of hydrogen-bond donors (Lipinski definition) is 3. The first-order valence-corrected chi connectivity index (χ1v) is 15.3. The second kappa shape index (κ2) is 16.7. The number of anilines is 1.